The predicted molar refractivity (Wildman–Crippen MR) is 131 cm³/mol. The molecule has 0 aromatic carbocycles. The van der Waals surface area contributed by atoms with E-state index in [2.05, 4.69) is 20.7 Å². The average molecular weight is 481 g/mol. The number of pyridine rings is 2. The quantitative estimate of drug-likeness (QED) is 0.476. The number of carbonyl (C=O) groups is 2. The Balaban J connectivity index is 1.53. The number of hydrogen-bond acceptors (Lipinski definition) is 6. The van der Waals surface area contributed by atoms with Crippen LogP contribution in [-0.4, -0.2) is 43.9 Å². The van der Waals surface area contributed by atoms with E-state index >= 15 is 0 Å². The van der Waals surface area contributed by atoms with Crippen molar-refractivity contribution < 1.29 is 14.3 Å². The Hall–Kier alpha value is -3.69. The molecule has 1 aliphatic carbocycles. The Morgan fingerprint density at radius 1 is 1.20 bits per heavy atom. The number of rotatable bonds is 7. The van der Waals surface area contributed by atoms with Crippen LogP contribution in [0, 0.1) is 13.8 Å². The minimum Gasteiger partial charge on any atom is -0.444 e. The summed E-state index contributed by atoms with van der Waals surface area (Å²) in [6, 6.07) is 3.71. The van der Waals surface area contributed by atoms with Crippen LogP contribution in [0.1, 0.15) is 72.4 Å². The number of amides is 2. The van der Waals surface area contributed by atoms with Gasteiger partial charge in [-0.2, -0.15) is 5.10 Å². The highest BCUT2D eigenvalue weighted by Gasteiger charge is 2.28. The predicted octanol–water partition coefficient (Wildman–Crippen LogP) is 3.07. The number of alkyl carbamates (subject to hydrolysis) is 1. The Morgan fingerprint density at radius 2 is 1.94 bits per heavy atom. The molecule has 0 bridgehead atoms. The van der Waals surface area contributed by atoms with Gasteiger partial charge >= 0.3 is 6.09 Å². The lowest BCUT2D eigenvalue weighted by Gasteiger charge is -2.19. The molecule has 0 unspecified atom stereocenters. The summed E-state index contributed by atoms with van der Waals surface area (Å²) in [5.41, 5.74) is 3.28. The Bertz CT molecular complexity index is 1330. The third-order valence-corrected chi connectivity index (χ3v) is 5.78. The third-order valence-electron chi connectivity index (χ3n) is 5.78. The number of fused-ring (bicyclic) bond motifs is 1. The fraction of sp³-hybridized carbons (Fsp3) is 0.480. The monoisotopic (exact) mass is 480 g/mol. The van der Waals surface area contributed by atoms with Crippen molar-refractivity contribution in [1.29, 1.82) is 0 Å². The number of hydrogen-bond donors (Lipinski definition) is 3. The molecular weight excluding hydrogens is 448 g/mol. The van der Waals surface area contributed by atoms with Gasteiger partial charge in [-0.3, -0.25) is 9.59 Å². The van der Waals surface area contributed by atoms with Gasteiger partial charge in [-0.1, -0.05) is 0 Å². The number of carbonyl (C=O) groups excluding carboxylic acids is 2. The molecule has 1 saturated carbocycles. The summed E-state index contributed by atoms with van der Waals surface area (Å²) in [5.74, 6) is 0.0430. The normalized spacial score (nSPS) is 13.6. The SMILES string of the molecule is Cc1cc(C)c(CNC(=O)c2cc(C3CC3)nc3c2cnn3CCNC(=O)OC(C)(C)C)c(=O)[nH]1. The van der Waals surface area contributed by atoms with Gasteiger partial charge in [0.15, 0.2) is 5.65 Å². The Morgan fingerprint density at radius 3 is 2.60 bits per heavy atom. The molecule has 0 aliphatic heterocycles. The minimum atomic E-state index is -0.576. The molecule has 186 valence electrons. The molecule has 3 N–H and O–H groups in total. The fourth-order valence-electron chi connectivity index (χ4n) is 3.95. The number of ether oxygens (including phenoxy) is 1. The highest BCUT2D eigenvalue weighted by Crippen LogP contribution is 2.40. The zero-order valence-electron chi connectivity index (χ0n) is 20.8. The second kappa shape index (κ2) is 9.52. The first-order chi connectivity index (χ1) is 16.5. The molecule has 0 radical (unpaired) electrons. The summed E-state index contributed by atoms with van der Waals surface area (Å²) >= 11 is 0. The number of aromatic nitrogens is 4. The highest BCUT2D eigenvalue weighted by atomic mass is 16.6. The van der Waals surface area contributed by atoms with Crippen LogP contribution in [-0.2, 0) is 17.8 Å². The molecule has 1 aliphatic rings. The van der Waals surface area contributed by atoms with E-state index < -0.39 is 11.7 Å². The van der Waals surface area contributed by atoms with Crippen LogP contribution in [0.5, 0.6) is 0 Å². The lowest BCUT2D eigenvalue weighted by atomic mass is 10.1. The largest absolute Gasteiger partial charge is 0.444 e. The topological polar surface area (TPSA) is 131 Å². The summed E-state index contributed by atoms with van der Waals surface area (Å²) in [7, 11) is 0. The summed E-state index contributed by atoms with van der Waals surface area (Å²) in [5, 5.41) is 10.6. The van der Waals surface area contributed by atoms with Crippen LogP contribution in [0.3, 0.4) is 0 Å². The maximum Gasteiger partial charge on any atom is 0.407 e. The second-order valence-corrected chi connectivity index (χ2v) is 10.0. The van der Waals surface area contributed by atoms with E-state index in [4.69, 9.17) is 9.72 Å². The second-order valence-electron chi connectivity index (χ2n) is 10.0. The number of aryl methyl sites for hydroxylation is 2. The lowest BCUT2D eigenvalue weighted by molar-refractivity contribution is 0.0525. The molecule has 35 heavy (non-hydrogen) atoms. The van der Waals surface area contributed by atoms with E-state index in [1.165, 1.54) is 0 Å². The van der Waals surface area contributed by atoms with E-state index in [0.717, 1.165) is 29.8 Å². The molecule has 10 nitrogen and oxygen atoms in total. The molecule has 3 aromatic heterocycles. The molecule has 3 heterocycles. The van der Waals surface area contributed by atoms with Gasteiger partial charge in [0.25, 0.3) is 11.5 Å². The van der Waals surface area contributed by atoms with Crippen molar-refractivity contribution in [2.45, 2.75) is 72.1 Å². The maximum absolute atomic E-state index is 13.2. The van der Waals surface area contributed by atoms with Gasteiger partial charge in [-0.05, 0) is 65.2 Å². The molecule has 0 atom stereocenters. The van der Waals surface area contributed by atoms with E-state index in [9.17, 15) is 14.4 Å². The van der Waals surface area contributed by atoms with Crippen molar-refractivity contribution in [2.24, 2.45) is 0 Å². The third kappa shape index (κ3) is 5.87. The minimum absolute atomic E-state index is 0.122. The fourth-order valence-corrected chi connectivity index (χ4v) is 3.95. The van der Waals surface area contributed by atoms with E-state index in [0.29, 0.717) is 41.2 Å². The first-order valence-electron chi connectivity index (χ1n) is 11.8. The smallest absolute Gasteiger partial charge is 0.407 e. The van der Waals surface area contributed by atoms with Crippen molar-refractivity contribution in [1.82, 2.24) is 30.4 Å². The molecule has 3 aromatic rings. The molecule has 10 heteroatoms. The van der Waals surface area contributed by atoms with E-state index in [1.54, 1.807) is 31.6 Å². The Kier molecular flexibility index (Phi) is 6.64. The van der Waals surface area contributed by atoms with Gasteiger partial charge in [0.2, 0.25) is 0 Å². The molecule has 1 fully saturated rings. The van der Waals surface area contributed by atoms with Gasteiger partial charge in [0.05, 0.1) is 23.7 Å². The van der Waals surface area contributed by atoms with Gasteiger partial charge in [0, 0.05) is 36.0 Å². The van der Waals surface area contributed by atoms with Gasteiger partial charge in [-0.25, -0.2) is 14.5 Å². The zero-order valence-corrected chi connectivity index (χ0v) is 20.8. The van der Waals surface area contributed by atoms with Crippen molar-refractivity contribution in [3.05, 3.63) is 56.8 Å². The van der Waals surface area contributed by atoms with Gasteiger partial charge < -0.3 is 20.4 Å². The van der Waals surface area contributed by atoms with Crippen molar-refractivity contribution in [2.75, 3.05) is 6.54 Å². The summed E-state index contributed by atoms with van der Waals surface area (Å²) < 4.78 is 6.95. The van der Waals surface area contributed by atoms with Gasteiger partial charge in [0.1, 0.15) is 5.60 Å². The van der Waals surface area contributed by atoms with Crippen molar-refractivity contribution in [3.63, 3.8) is 0 Å². The average Bonchev–Trinajstić information content (AvgIpc) is 3.52. The molecule has 4 rings (SSSR count). The van der Waals surface area contributed by atoms with E-state index in [1.807, 2.05) is 26.0 Å². The first-order valence-corrected chi connectivity index (χ1v) is 11.8. The molecule has 0 spiro atoms. The maximum atomic E-state index is 13.2. The molecule has 2 amide bonds. The summed E-state index contributed by atoms with van der Waals surface area (Å²) in [4.78, 5) is 45.0. The Labute approximate surface area is 203 Å². The number of aromatic amines is 1. The van der Waals surface area contributed by atoms with Crippen molar-refractivity contribution in [3.8, 4) is 0 Å². The van der Waals surface area contributed by atoms with Crippen LogP contribution >= 0.6 is 0 Å². The van der Waals surface area contributed by atoms with Gasteiger partial charge in [-0.15, -0.1) is 0 Å². The van der Waals surface area contributed by atoms with Crippen LogP contribution in [0.4, 0.5) is 4.79 Å². The first kappa shape index (κ1) is 24.4. The zero-order chi connectivity index (χ0) is 25.3. The number of nitrogens with one attached hydrogen (secondary N) is 3. The van der Waals surface area contributed by atoms with Crippen LogP contribution in [0.25, 0.3) is 11.0 Å². The standard InChI is InChI=1S/C25H32N6O4/c1-14-10-15(2)29-23(33)18(14)12-27-22(32)17-11-20(16-6-7-16)30-21-19(17)13-28-31(21)9-8-26-24(34)35-25(3,4)5/h10-11,13,16H,6-9,12H2,1-5H3,(H,26,34)(H,27,32)(H,29,33). The number of nitrogens with zero attached hydrogens (tertiary/aromatic N) is 3. The highest BCUT2D eigenvalue weighted by molar-refractivity contribution is 6.05. The van der Waals surface area contributed by atoms with E-state index in [-0.39, 0.29) is 18.0 Å². The molecular formula is C25H32N6O4. The van der Waals surface area contributed by atoms with Crippen LogP contribution < -0.4 is 16.2 Å². The summed E-state index contributed by atoms with van der Waals surface area (Å²) in [6.45, 7) is 9.90. The lowest BCUT2D eigenvalue weighted by Crippen LogP contribution is -2.34. The molecule has 0 saturated heterocycles. The van der Waals surface area contributed by atoms with Crippen LogP contribution in [0.15, 0.2) is 23.1 Å². The van der Waals surface area contributed by atoms with Crippen LogP contribution in [0.2, 0.25) is 0 Å². The number of H-pyrrole nitrogens is 1. The van der Waals surface area contributed by atoms with Crippen molar-refractivity contribution >= 4 is 23.0 Å². The summed E-state index contributed by atoms with van der Waals surface area (Å²) in [6.07, 6.45) is 3.19.